The summed E-state index contributed by atoms with van der Waals surface area (Å²) in [6.07, 6.45) is 0.337. The van der Waals surface area contributed by atoms with E-state index in [-0.39, 0.29) is 24.1 Å². The second-order valence-corrected chi connectivity index (χ2v) is 7.43. The van der Waals surface area contributed by atoms with E-state index in [1.54, 1.807) is 19.1 Å². The Hall–Kier alpha value is -2.20. The van der Waals surface area contributed by atoms with Gasteiger partial charge in [0.25, 0.3) is 0 Å². The van der Waals surface area contributed by atoms with Gasteiger partial charge in [0.05, 0.1) is 16.5 Å². The standard InChI is InChI=1S/C18H20N2O3S/c1-15(10-11-21)20(14-16-6-3-2-4-7-16)24(22,23)18-9-5-8-17(12-18)13-19/h2-9,12,15,21H,10-11,14H2,1H3. The van der Waals surface area contributed by atoms with Crippen molar-refractivity contribution < 1.29 is 13.5 Å². The van der Waals surface area contributed by atoms with Gasteiger partial charge in [0.15, 0.2) is 0 Å². The minimum atomic E-state index is -3.78. The van der Waals surface area contributed by atoms with Gasteiger partial charge in [0.1, 0.15) is 0 Å². The lowest BCUT2D eigenvalue weighted by molar-refractivity contribution is 0.230. The van der Waals surface area contributed by atoms with E-state index in [9.17, 15) is 13.5 Å². The molecule has 6 heteroatoms. The molecule has 0 aliphatic heterocycles. The van der Waals surface area contributed by atoms with Crippen molar-refractivity contribution >= 4 is 10.0 Å². The number of aliphatic hydroxyl groups excluding tert-OH is 1. The summed E-state index contributed by atoms with van der Waals surface area (Å²) in [6, 6.07) is 16.9. The second-order valence-electron chi connectivity index (χ2n) is 5.54. The molecule has 5 nitrogen and oxygen atoms in total. The van der Waals surface area contributed by atoms with Crippen molar-refractivity contribution in [2.24, 2.45) is 0 Å². The molecule has 0 heterocycles. The molecule has 126 valence electrons. The van der Waals surface area contributed by atoms with Crippen molar-refractivity contribution in [3.63, 3.8) is 0 Å². The van der Waals surface area contributed by atoms with Gasteiger partial charge in [0.2, 0.25) is 10.0 Å². The quantitative estimate of drug-likeness (QED) is 0.837. The zero-order chi connectivity index (χ0) is 17.6. The number of rotatable bonds is 7. The van der Waals surface area contributed by atoms with Crippen molar-refractivity contribution in [2.75, 3.05) is 6.61 Å². The van der Waals surface area contributed by atoms with Gasteiger partial charge in [-0.25, -0.2) is 8.42 Å². The van der Waals surface area contributed by atoms with Gasteiger partial charge in [-0.3, -0.25) is 0 Å². The fraction of sp³-hybridized carbons (Fsp3) is 0.278. The molecule has 0 aliphatic carbocycles. The number of hydrogen-bond acceptors (Lipinski definition) is 4. The van der Waals surface area contributed by atoms with Crippen LogP contribution in [0, 0.1) is 11.3 Å². The summed E-state index contributed by atoms with van der Waals surface area (Å²) >= 11 is 0. The lowest BCUT2D eigenvalue weighted by Gasteiger charge is -2.28. The average molecular weight is 344 g/mol. The molecule has 1 atom stereocenters. The van der Waals surface area contributed by atoms with Crippen LogP contribution < -0.4 is 0 Å². The molecule has 0 saturated heterocycles. The van der Waals surface area contributed by atoms with Crippen LogP contribution in [0.1, 0.15) is 24.5 Å². The van der Waals surface area contributed by atoms with Crippen molar-refractivity contribution in [1.29, 1.82) is 5.26 Å². The topological polar surface area (TPSA) is 81.4 Å². The summed E-state index contributed by atoms with van der Waals surface area (Å²) in [5.41, 5.74) is 1.16. The number of benzene rings is 2. The summed E-state index contributed by atoms with van der Waals surface area (Å²) in [5.74, 6) is 0. The molecule has 2 aromatic carbocycles. The van der Waals surface area contributed by atoms with Gasteiger partial charge in [-0.1, -0.05) is 36.4 Å². The van der Waals surface area contributed by atoms with E-state index in [0.29, 0.717) is 12.0 Å². The van der Waals surface area contributed by atoms with Crippen LogP contribution in [0.3, 0.4) is 0 Å². The highest BCUT2D eigenvalue weighted by molar-refractivity contribution is 7.89. The third-order valence-corrected chi connectivity index (χ3v) is 5.75. The fourth-order valence-electron chi connectivity index (χ4n) is 2.43. The normalized spacial score (nSPS) is 12.8. The van der Waals surface area contributed by atoms with Gasteiger partial charge in [-0.2, -0.15) is 9.57 Å². The minimum Gasteiger partial charge on any atom is -0.396 e. The third kappa shape index (κ3) is 4.20. The first-order valence-corrected chi connectivity index (χ1v) is 9.10. The molecular formula is C18H20N2O3S. The van der Waals surface area contributed by atoms with E-state index in [1.165, 1.54) is 16.4 Å². The highest BCUT2D eigenvalue weighted by Crippen LogP contribution is 2.23. The Labute approximate surface area is 142 Å². The Morgan fingerprint density at radius 1 is 1.17 bits per heavy atom. The molecule has 0 fully saturated rings. The predicted octanol–water partition coefficient (Wildman–Crippen LogP) is 2.52. The summed E-state index contributed by atoms with van der Waals surface area (Å²) in [4.78, 5) is 0.0854. The highest BCUT2D eigenvalue weighted by Gasteiger charge is 2.29. The van der Waals surface area contributed by atoms with Crippen LogP contribution in [0.5, 0.6) is 0 Å². The first-order valence-electron chi connectivity index (χ1n) is 7.66. The van der Waals surface area contributed by atoms with E-state index in [1.807, 2.05) is 36.4 Å². The molecule has 2 rings (SSSR count). The predicted molar refractivity (Wildman–Crippen MR) is 91.5 cm³/mol. The SMILES string of the molecule is CC(CCO)N(Cc1ccccc1)S(=O)(=O)c1cccc(C#N)c1. The number of nitrogens with zero attached hydrogens (tertiary/aromatic N) is 2. The van der Waals surface area contributed by atoms with Gasteiger partial charge >= 0.3 is 0 Å². The number of aliphatic hydroxyl groups is 1. The molecule has 0 radical (unpaired) electrons. The van der Waals surface area contributed by atoms with Crippen LogP contribution >= 0.6 is 0 Å². The molecule has 24 heavy (non-hydrogen) atoms. The largest absolute Gasteiger partial charge is 0.396 e. The van der Waals surface area contributed by atoms with Crippen LogP contribution in [0.2, 0.25) is 0 Å². The second kappa shape index (κ2) is 8.06. The third-order valence-electron chi connectivity index (χ3n) is 3.79. The molecule has 1 unspecified atom stereocenters. The average Bonchev–Trinajstić information content (AvgIpc) is 2.60. The number of nitriles is 1. The summed E-state index contributed by atoms with van der Waals surface area (Å²) in [6.45, 7) is 1.88. The summed E-state index contributed by atoms with van der Waals surface area (Å²) in [5, 5.41) is 18.2. The van der Waals surface area contributed by atoms with Crippen LogP contribution in [0.15, 0.2) is 59.5 Å². The first-order chi connectivity index (χ1) is 11.5. The van der Waals surface area contributed by atoms with Crippen LogP contribution in [-0.4, -0.2) is 30.5 Å². The number of sulfonamides is 1. The monoisotopic (exact) mass is 344 g/mol. The maximum atomic E-state index is 13.1. The fourth-order valence-corrected chi connectivity index (χ4v) is 4.13. The van der Waals surface area contributed by atoms with Crippen LogP contribution in [0.4, 0.5) is 0 Å². The minimum absolute atomic E-state index is 0.0854. The van der Waals surface area contributed by atoms with Crippen molar-refractivity contribution in [2.45, 2.75) is 30.8 Å². The Morgan fingerprint density at radius 2 is 1.88 bits per heavy atom. The summed E-state index contributed by atoms with van der Waals surface area (Å²) < 4.78 is 27.5. The highest BCUT2D eigenvalue weighted by atomic mass is 32.2. The van der Waals surface area contributed by atoms with E-state index >= 15 is 0 Å². The van der Waals surface area contributed by atoms with Crippen LogP contribution in [-0.2, 0) is 16.6 Å². The van der Waals surface area contributed by atoms with E-state index in [0.717, 1.165) is 5.56 Å². The lowest BCUT2D eigenvalue weighted by atomic mass is 10.2. The van der Waals surface area contributed by atoms with E-state index < -0.39 is 10.0 Å². The first kappa shape index (κ1) is 18.1. The lowest BCUT2D eigenvalue weighted by Crippen LogP contribution is -2.38. The zero-order valence-electron chi connectivity index (χ0n) is 13.5. The molecule has 0 spiro atoms. The molecule has 0 aromatic heterocycles. The van der Waals surface area contributed by atoms with Crippen LogP contribution in [0.25, 0.3) is 0 Å². The molecule has 2 aromatic rings. The maximum Gasteiger partial charge on any atom is 0.243 e. The van der Waals surface area contributed by atoms with E-state index in [2.05, 4.69) is 0 Å². The number of hydrogen-bond donors (Lipinski definition) is 1. The molecular weight excluding hydrogens is 324 g/mol. The van der Waals surface area contributed by atoms with Crippen molar-refractivity contribution in [3.05, 3.63) is 65.7 Å². The molecule has 0 amide bonds. The zero-order valence-corrected chi connectivity index (χ0v) is 14.3. The Bertz CT molecular complexity index is 814. The summed E-state index contributed by atoms with van der Waals surface area (Å²) in [7, 11) is -3.78. The van der Waals surface area contributed by atoms with Gasteiger partial charge in [-0.15, -0.1) is 0 Å². The Kier molecular flexibility index (Phi) is 6.10. The maximum absolute atomic E-state index is 13.1. The Balaban J connectivity index is 2.42. The molecule has 0 bridgehead atoms. The van der Waals surface area contributed by atoms with Crippen molar-refractivity contribution in [3.8, 4) is 6.07 Å². The van der Waals surface area contributed by atoms with Gasteiger partial charge in [-0.05, 0) is 37.1 Å². The van der Waals surface area contributed by atoms with Gasteiger partial charge in [0, 0.05) is 19.2 Å². The van der Waals surface area contributed by atoms with Gasteiger partial charge < -0.3 is 5.11 Å². The molecule has 0 aliphatic rings. The van der Waals surface area contributed by atoms with Crippen molar-refractivity contribution in [1.82, 2.24) is 4.31 Å². The Morgan fingerprint density at radius 3 is 2.50 bits per heavy atom. The van der Waals surface area contributed by atoms with E-state index in [4.69, 9.17) is 5.26 Å². The smallest absolute Gasteiger partial charge is 0.243 e. The molecule has 1 N–H and O–H groups in total. The molecule has 0 saturated carbocycles.